The van der Waals surface area contributed by atoms with Crippen LogP contribution < -0.4 is 10.1 Å². The summed E-state index contributed by atoms with van der Waals surface area (Å²) >= 11 is 0. The van der Waals surface area contributed by atoms with E-state index in [0.717, 1.165) is 12.8 Å². The van der Waals surface area contributed by atoms with Crippen molar-refractivity contribution >= 4 is 22.8 Å². The number of ether oxygens (including phenoxy) is 1. The average Bonchev–Trinajstić information content (AvgIpc) is 3.51. The second kappa shape index (κ2) is 9.21. The van der Waals surface area contributed by atoms with Crippen LogP contribution in [0.2, 0.25) is 0 Å². The van der Waals surface area contributed by atoms with Gasteiger partial charge < -0.3 is 25.0 Å². The molecule has 5 rings (SSSR count). The highest BCUT2D eigenvalue weighted by atomic mass is 19.1. The summed E-state index contributed by atoms with van der Waals surface area (Å²) in [5.74, 6) is -0.631. The maximum absolute atomic E-state index is 14.5. The molecule has 2 fully saturated rings. The third-order valence-electron chi connectivity index (χ3n) is 6.42. The van der Waals surface area contributed by atoms with Crippen molar-refractivity contribution in [1.82, 2.24) is 25.2 Å². The van der Waals surface area contributed by atoms with Gasteiger partial charge in [-0.2, -0.15) is 0 Å². The van der Waals surface area contributed by atoms with Crippen molar-refractivity contribution < 1.29 is 28.2 Å². The van der Waals surface area contributed by atoms with Crippen LogP contribution in [0.5, 0.6) is 5.75 Å². The smallest absolute Gasteiger partial charge is 0.255 e. The van der Waals surface area contributed by atoms with Gasteiger partial charge >= 0.3 is 0 Å². The maximum atomic E-state index is 14.5. The molecule has 0 spiro atoms. The number of H-pyrrole nitrogens is 1. The lowest BCUT2D eigenvalue weighted by Crippen LogP contribution is -2.42. The summed E-state index contributed by atoms with van der Waals surface area (Å²) in [5, 5.41) is 11.7. The Bertz CT molecular complexity index is 1290. The molecule has 3 N–H and O–H groups in total. The largest absolute Gasteiger partial charge is 0.493 e. The maximum Gasteiger partial charge on any atom is 0.255 e. The van der Waals surface area contributed by atoms with Crippen molar-refractivity contribution in [2.24, 2.45) is 5.92 Å². The van der Waals surface area contributed by atoms with Crippen LogP contribution in [-0.2, 0) is 4.79 Å². The summed E-state index contributed by atoms with van der Waals surface area (Å²) in [7, 11) is 0. The summed E-state index contributed by atoms with van der Waals surface area (Å²) in [6.07, 6.45) is 2.03. The fraction of sp³-hybridized carbons (Fsp3) is 0.417. The zero-order valence-electron chi connectivity index (χ0n) is 19.1. The first kappa shape index (κ1) is 23.2. The van der Waals surface area contributed by atoms with Crippen LogP contribution in [0.4, 0.5) is 8.78 Å². The van der Waals surface area contributed by atoms with E-state index in [1.54, 1.807) is 13.0 Å². The number of aromatic amines is 1. The predicted molar refractivity (Wildman–Crippen MR) is 122 cm³/mol. The van der Waals surface area contributed by atoms with Crippen LogP contribution in [0.25, 0.3) is 22.3 Å². The van der Waals surface area contributed by atoms with Crippen LogP contribution in [0.3, 0.4) is 0 Å². The molecule has 2 aliphatic rings. The number of carbonyl (C=O) groups is 2. The lowest BCUT2D eigenvalue weighted by Gasteiger charge is -2.15. The van der Waals surface area contributed by atoms with Gasteiger partial charge in [0, 0.05) is 17.8 Å². The number of nitrogens with one attached hydrogen (secondary N) is 2. The lowest BCUT2D eigenvalue weighted by atomic mass is 10.1. The quantitative estimate of drug-likeness (QED) is 0.472. The second-order valence-corrected chi connectivity index (χ2v) is 9.02. The molecule has 0 radical (unpaired) electrons. The van der Waals surface area contributed by atoms with E-state index in [-0.39, 0.29) is 18.7 Å². The molecule has 2 amide bonds. The third kappa shape index (κ3) is 4.55. The molecule has 0 bridgehead atoms. The van der Waals surface area contributed by atoms with Gasteiger partial charge in [0.05, 0.1) is 30.3 Å². The minimum Gasteiger partial charge on any atom is -0.493 e. The molecule has 35 heavy (non-hydrogen) atoms. The number of amides is 2. The van der Waals surface area contributed by atoms with Gasteiger partial charge in [-0.3, -0.25) is 9.59 Å². The fourth-order valence-corrected chi connectivity index (χ4v) is 4.35. The SMILES string of the molecule is Cc1[nH]c2c(-c3cc(F)ccc3OCC3CC3)ncnc2c1C(=O)N[C@H]1CN(C(=O)CO)C[C@@H]1F. The first-order valence-corrected chi connectivity index (χ1v) is 11.4. The Kier molecular flexibility index (Phi) is 6.10. The minimum absolute atomic E-state index is 0.0427. The van der Waals surface area contributed by atoms with Gasteiger partial charge in [0.2, 0.25) is 5.91 Å². The molecule has 9 nitrogen and oxygen atoms in total. The van der Waals surface area contributed by atoms with E-state index in [4.69, 9.17) is 9.84 Å². The van der Waals surface area contributed by atoms with E-state index < -0.39 is 36.5 Å². The molecule has 1 saturated heterocycles. The average molecular weight is 485 g/mol. The number of nitrogens with zero attached hydrogens (tertiary/aromatic N) is 3. The van der Waals surface area contributed by atoms with E-state index in [2.05, 4.69) is 20.3 Å². The van der Waals surface area contributed by atoms with Crippen molar-refractivity contribution in [2.75, 3.05) is 26.3 Å². The number of halogens is 2. The highest BCUT2D eigenvalue weighted by Gasteiger charge is 2.37. The number of hydrogen-bond acceptors (Lipinski definition) is 6. The number of aliphatic hydroxyl groups excluding tert-OH is 1. The first-order chi connectivity index (χ1) is 16.9. The summed E-state index contributed by atoms with van der Waals surface area (Å²) in [6.45, 7) is 1.25. The molecule has 3 aromatic rings. The molecule has 1 aromatic carbocycles. The normalized spacial score (nSPS) is 19.8. The number of benzene rings is 1. The van der Waals surface area contributed by atoms with Crippen molar-refractivity contribution in [2.45, 2.75) is 32.0 Å². The van der Waals surface area contributed by atoms with Gasteiger partial charge in [-0.05, 0) is 43.9 Å². The number of carbonyl (C=O) groups excluding carboxylic acids is 2. The molecule has 11 heteroatoms. The van der Waals surface area contributed by atoms with Gasteiger partial charge in [0.1, 0.15) is 41.9 Å². The van der Waals surface area contributed by atoms with Gasteiger partial charge in [-0.25, -0.2) is 18.7 Å². The van der Waals surface area contributed by atoms with E-state index in [9.17, 15) is 18.4 Å². The fourth-order valence-electron chi connectivity index (χ4n) is 4.35. The van der Waals surface area contributed by atoms with Crippen LogP contribution >= 0.6 is 0 Å². The third-order valence-corrected chi connectivity index (χ3v) is 6.42. The monoisotopic (exact) mass is 485 g/mol. The Morgan fingerprint density at radius 3 is 2.83 bits per heavy atom. The molecule has 2 aromatic heterocycles. The topological polar surface area (TPSA) is 120 Å². The Hall–Kier alpha value is -3.60. The molecule has 0 unspecified atom stereocenters. The van der Waals surface area contributed by atoms with Crippen LogP contribution in [0.15, 0.2) is 24.5 Å². The second-order valence-electron chi connectivity index (χ2n) is 9.02. The number of aryl methyl sites for hydroxylation is 1. The standard InChI is InChI=1S/C24H25F2N5O4/c1-12-20(24(34)30-17-8-31(7-16(17)26)19(33)9-32)22-23(29-12)21(27-11-28-22)15-6-14(25)4-5-18(15)35-10-13-2-3-13/h4-6,11,13,16-17,29,32H,2-3,7-10H2,1H3,(H,30,34)/t16-,17-/m0/s1. The molecule has 184 valence electrons. The van der Waals surface area contributed by atoms with Gasteiger partial charge in [-0.15, -0.1) is 0 Å². The van der Waals surface area contributed by atoms with Crippen LogP contribution in [0.1, 0.15) is 28.9 Å². The van der Waals surface area contributed by atoms with E-state index in [0.29, 0.717) is 46.3 Å². The van der Waals surface area contributed by atoms with Gasteiger partial charge in [-0.1, -0.05) is 0 Å². The number of hydrogen-bond donors (Lipinski definition) is 3. The summed E-state index contributed by atoms with van der Waals surface area (Å²) in [5.41, 5.74) is 2.24. The van der Waals surface area contributed by atoms with E-state index >= 15 is 0 Å². The number of aromatic nitrogens is 3. The number of aliphatic hydroxyl groups is 1. The lowest BCUT2D eigenvalue weighted by molar-refractivity contribution is -0.133. The minimum atomic E-state index is -1.47. The Morgan fingerprint density at radius 1 is 1.29 bits per heavy atom. The Morgan fingerprint density at radius 2 is 2.09 bits per heavy atom. The van der Waals surface area contributed by atoms with E-state index in [1.165, 1.54) is 23.4 Å². The van der Waals surface area contributed by atoms with Crippen molar-refractivity contribution in [3.05, 3.63) is 41.6 Å². The van der Waals surface area contributed by atoms with Crippen molar-refractivity contribution in [1.29, 1.82) is 0 Å². The van der Waals surface area contributed by atoms with Crippen molar-refractivity contribution in [3.63, 3.8) is 0 Å². The number of fused-ring (bicyclic) bond motifs is 1. The molecule has 2 atom stereocenters. The van der Waals surface area contributed by atoms with Gasteiger partial charge in [0.15, 0.2) is 0 Å². The Balaban J connectivity index is 1.46. The summed E-state index contributed by atoms with van der Waals surface area (Å²) in [4.78, 5) is 37.7. The summed E-state index contributed by atoms with van der Waals surface area (Å²) in [6, 6.07) is 3.29. The van der Waals surface area contributed by atoms with E-state index in [1.807, 2.05) is 0 Å². The van der Waals surface area contributed by atoms with Crippen LogP contribution in [-0.4, -0.2) is 75.3 Å². The number of rotatable bonds is 7. The molecule has 1 aliphatic heterocycles. The molecular formula is C24H25F2N5O4. The first-order valence-electron chi connectivity index (χ1n) is 11.4. The highest BCUT2D eigenvalue weighted by Crippen LogP contribution is 2.36. The predicted octanol–water partition coefficient (Wildman–Crippen LogP) is 2.13. The zero-order chi connectivity index (χ0) is 24.7. The molecule has 1 aliphatic carbocycles. The summed E-state index contributed by atoms with van der Waals surface area (Å²) < 4.78 is 34.6. The number of alkyl halides is 1. The highest BCUT2D eigenvalue weighted by molar-refractivity contribution is 6.09. The van der Waals surface area contributed by atoms with Crippen LogP contribution in [0, 0.1) is 18.7 Å². The van der Waals surface area contributed by atoms with Crippen molar-refractivity contribution in [3.8, 4) is 17.0 Å². The number of likely N-dealkylation sites (tertiary alicyclic amines) is 1. The van der Waals surface area contributed by atoms with Gasteiger partial charge in [0.25, 0.3) is 5.91 Å². The Labute approximate surface area is 199 Å². The molecular weight excluding hydrogens is 460 g/mol. The molecule has 3 heterocycles. The molecule has 1 saturated carbocycles. The zero-order valence-corrected chi connectivity index (χ0v) is 19.1.